The first-order valence-corrected chi connectivity index (χ1v) is 9.65. The molecule has 7 nitrogen and oxygen atoms in total. The van der Waals surface area contributed by atoms with Crippen LogP contribution in [0.1, 0.15) is 17.5 Å². The first-order chi connectivity index (χ1) is 14.2. The van der Waals surface area contributed by atoms with Gasteiger partial charge in [0.2, 0.25) is 5.91 Å². The van der Waals surface area contributed by atoms with Gasteiger partial charge in [0, 0.05) is 19.5 Å². The average Bonchev–Trinajstić information content (AvgIpc) is 2.78. The number of benzene rings is 2. The van der Waals surface area contributed by atoms with Crippen LogP contribution in [0.3, 0.4) is 0 Å². The lowest BCUT2D eigenvalue weighted by atomic mass is 10.1. The highest BCUT2D eigenvalue weighted by Gasteiger charge is 2.16. The van der Waals surface area contributed by atoms with Crippen LogP contribution in [0.2, 0.25) is 0 Å². The van der Waals surface area contributed by atoms with Crippen LogP contribution in [0.25, 0.3) is 0 Å². The molecule has 2 amide bonds. The zero-order valence-electron chi connectivity index (χ0n) is 16.3. The van der Waals surface area contributed by atoms with E-state index >= 15 is 0 Å². The number of carbonyl (C=O) groups excluding carboxylic acids is 2. The maximum absolute atomic E-state index is 12.1. The van der Waals surface area contributed by atoms with Crippen molar-refractivity contribution in [3.63, 3.8) is 0 Å². The number of amides is 2. The highest BCUT2D eigenvalue weighted by molar-refractivity contribution is 5.82. The predicted molar refractivity (Wildman–Crippen MR) is 110 cm³/mol. The van der Waals surface area contributed by atoms with Crippen molar-refractivity contribution < 1.29 is 19.1 Å². The van der Waals surface area contributed by atoms with Crippen molar-refractivity contribution in [3.05, 3.63) is 65.7 Å². The molecule has 7 heteroatoms. The van der Waals surface area contributed by atoms with Gasteiger partial charge in [-0.15, -0.1) is 0 Å². The number of morpholine rings is 1. The molecule has 0 radical (unpaired) electrons. The molecule has 0 spiro atoms. The number of nitrogens with zero attached hydrogens (tertiary/aromatic N) is 2. The Morgan fingerprint density at radius 2 is 1.79 bits per heavy atom. The maximum Gasteiger partial charge on any atom is 0.260 e. The molecule has 0 saturated carbocycles. The average molecular weight is 395 g/mol. The van der Waals surface area contributed by atoms with Crippen LogP contribution >= 0.6 is 0 Å². The molecule has 29 heavy (non-hydrogen) atoms. The maximum atomic E-state index is 12.1. The highest BCUT2D eigenvalue weighted by atomic mass is 16.5. The minimum absolute atomic E-state index is 0.00487. The normalized spacial score (nSPS) is 14.0. The summed E-state index contributed by atoms with van der Waals surface area (Å²) in [6.45, 7) is 2.36. The van der Waals surface area contributed by atoms with E-state index < -0.39 is 0 Å². The predicted octanol–water partition coefficient (Wildman–Crippen LogP) is 2.01. The molecule has 1 fully saturated rings. The zero-order chi connectivity index (χ0) is 20.3. The number of rotatable bonds is 8. The second-order valence-corrected chi connectivity index (χ2v) is 6.63. The standard InChI is InChI=1S/C22H25N3O4/c26-21(11-8-18-4-2-1-3-5-18)24-23-16-19-6-9-20(10-7-19)29-17-22(27)25-12-14-28-15-13-25/h1-7,9-10,16H,8,11-15,17H2,(H,24,26)/b23-16-. The minimum atomic E-state index is -0.133. The fourth-order valence-corrected chi connectivity index (χ4v) is 2.84. The Labute approximate surface area is 170 Å². The number of carbonyl (C=O) groups is 2. The van der Waals surface area contributed by atoms with Crippen molar-refractivity contribution in [3.8, 4) is 5.75 Å². The fraction of sp³-hybridized carbons (Fsp3) is 0.318. The summed E-state index contributed by atoms with van der Waals surface area (Å²) < 4.78 is 10.8. The number of hydrogen-bond donors (Lipinski definition) is 1. The third-order valence-corrected chi connectivity index (χ3v) is 4.49. The van der Waals surface area contributed by atoms with Gasteiger partial charge in [0.1, 0.15) is 5.75 Å². The molecule has 2 aromatic carbocycles. The van der Waals surface area contributed by atoms with E-state index in [0.717, 1.165) is 11.1 Å². The lowest BCUT2D eigenvalue weighted by Crippen LogP contribution is -2.42. The Kier molecular flexibility index (Phi) is 7.77. The van der Waals surface area contributed by atoms with Gasteiger partial charge in [-0.2, -0.15) is 5.10 Å². The fourth-order valence-electron chi connectivity index (χ4n) is 2.84. The number of nitrogens with one attached hydrogen (secondary N) is 1. The Bertz CT molecular complexity index is 816. The molecule has 1 saturated heterocycles. The van der Waals surface area contributed by atoms with Gasteiger partial charge < -0.3 is 14.4 Å². The molecule has 1 N–H and O–H groups in total. The summed E-state index contributed by atoms with van der Waals surface area (Å²) in [5.74, 6) is 0.430. The van der Waals surface area contributed by atoms with Crippen molar-refractivity contribution in [1.29, 1.82) is 0 Å². The molecule has 0 aromatic heterocycles. The summed E-state index contributed by atoms with van der Waals surface area (Å²) in [6.07, 6.45) is 2.63. The van der Waals surface area contributed by atoms with Crippen LogP contribution in [-0.4, -0.2) is 55.8 Å². The summed E-state index contributed by atoms with van der Waals surface area (Å²) in [5.41, 5.74) is 4.47. The Hall–Kier alpha value is -3.19. The van der Waals surface area contributed by atoms with Gasteiger partial charge in [0.05, 0.1) is 19.4 Å². The van der Waals surface area contributed by atoms with Crippen LogP contribution in [0, 0.1) is 0 Å². The molecular formula is C22H25N3O4. The first-order valence-electron chi connectivity index (χ1n) is 9.65. The number of ether oxygens (including phenoxy) is 2. The Morgan fingerprint density at radius 1 is 1.07 bits per heavy atom. The second kappa shape index (κ2) is 11.0. The first kappa shape index (κ1) is 20.5. The lowest BCUT2D eigenvalue weighted by molar-refractivity contribution is -0.137. The third kappa shape index (κ3) is 7.04. The minimum Gasteiger partial charge on any atom is -0.484 e. The number of hydrazone groups is 1. The molecule has 0 unspecified atom stereocenters. The van der Waals surface area contributed by atoms with E-state index in [-0.39, 0.29) is 18.4 Å². The largest absolute Gasteiger partial charge is 0.484 e. The van der Waals surface area contributed by atoms with Gasteiger partial charge >= 0.3 is 0 Å². The molecule has 1 aliphatic heterocycles. The van der Waals surface area contributed by atoms with Crippen LogP contribution < -0.4 is 10.2 Å². The van der Waals surface area contributed by atoms with Crippen molar-refractivity contribution in [1.82, 2.24) is 10.3 Å². The quantitative estimate of drug-likeness (QED) is 0.548. The van der Waals surface area contributed by atoms with Crippen molar-refractivity contribution in [2.75, 3.05) is 32.9 Å². The molecule has 0 aliphatic carbocycles. The lowest BCUT2D eigenvalue weighted by Gasteiger charge is -2.26. The van der Waals surface area contributed by atoms with Gasteiger partial charge in [-0.3, -0.25) is 9.59 Å². The topological polar surface area (TPSA) is 80.2 Å². The van der Waals surface area contributed by atoms with Crippen LogP contribution in [0.5, 0.6) is 5.75 Å². The number of hydrogen-bond acceptors (Lipinski definition) is 5. The summed E-state index contributed by atoms with van der Waals surface area (Å²) in [6, 6.07) is 17.0. The van der Waals surface area contributed by atoms with E-state index in [1.807, 2.05) is 42.5 Å². The van der Waals surface area contributed by atoms with E-state index in [0.29, 0.717) is 44.9 Å². The third-order valence-electron chi connectivity index (χ3n) is 4.49. The summed E-state index contributed by atoms with van der Waals surface area (Å²) in [5, 5.41) is 3.98. The van der Waals surface area contributed by atoms with Gasteiger partial charge in [-0.25, -0.2) is 5.43 Å². The van der Waals surface area contributed by atoms with E-state index in [9.17, 15) is 9.59 Å². The summed E-state index contributed by atoms with van der Waals surface area (Å²) >= 11 is 0. The zero-order valence-corrected chi connectivity index (χ0v) is 16.3. The molecule has 0 bridgehead atoms. The van der Waals surface area contributed by atoms with E-state index in [2.05, 4.69) is 10.5 Å². The molecule has 0 atom stereocenters. The molecule has 152 valence electrons. The van der Waals surface area contributed by atoms with Crippen molar-refractivity contribution in [2.45, 2.75) is 12.8 Å². The monoisotopic (exact) mass is 395 g/mol. The molecule has 3 rings (SSSR count). The summed E-state index contributed by atoms with van der Waals surface area (Å²) in [4.78, 5) is 25.7. The molecule has 1 heterocycles. The van der Waals surface area contributed by atoms with E-state index in [1.54, 1.807) is 23.2 Å². The second-order valence-electron chi connectivity index (χ2n) is 6.63. The molecule has 2 aromatic rings. The van der Waals surface area contributed by atoms with Crippen molar-refractivity contribution in [2.24, 2.45) is 5.10 Å². The van der Waals surface area contributed by atoms with Crippen molar-refractivity contribution >= 4 is 18.0 Å². The van der Waals surface area contributed by atoms with Crippen LogP contribution in [-0.2, 0) is 20.7 Å². The smallest absolute Gasteiger partial charge is 0.260 e. The van der Waals surface area contributed by atoms with E-state index in [4.69, 9.17) is 9.47 Å². The molecular weight excluding hydrogens is 370 g/mol. The Balaban J connectivity index is 1.38. The SMILES string of the molecule is O=C(CCc1ccccc1)N/N=C\c1ccc(OCC(=O)N2CCOCC2)cc1. The van der Waals surface area contributed by atoms with Gasteiger partial charge in [0.25, 0.3) is 5.91 Å². The van der Waals surface area contributed by atoms with Gasteiger partial charge in [0.15, 0.2) is 6.61 Å². The van der Waals surface area contributed by atoms with Gasteiger partial charge in [-0.1, -0.05) is 30.3 Å². The van der Waals surface area contributed by atoms with Gasteiger partial charge in [-0.05, 0) is 41.8 Å². The summed E-state index contributed by atoms with van der Waals surface area (Å²) in [7, 11) is 0. The molecule has 1 aliphatic rings. The van der Waals surface area contributed by atoms with Crippen LogP contribution in [0.15, 0.2) is 59.7 Å². The Morgan fingerprint density at radius 3 is 2.52 bits per heavy atom. The van der Waals surface area contributed by atoms with Crippen LogP contribution in [0.4, 0.5) is 0 Å². The van der Waals surface area contributed by atoms with E-state index in [1.165, 1.54) is 0 Å². The number of aryl methyl sites for hydroxylation is 1. The highest BCUT2D eigenvalue weighted by Crippen LogP contribution is 2.11.